The Morgan fingerprint density at radius 3 is 2.46 bits per heavy atom. The monoisotopic (exact) mass is 486 g/mol. The molecule has 1 aliphatic rings. The Labute approximate surface area is 205 Å². The third-order valence-electron chi connectivity index (χ3n) is 5.53. The molecule has 176 valence electrons. The van der Waals surface area contributed by atoms with Crippen LogP contribution in [0.3, 0.4) is 0 Å². The minimum atomic E-state index is -0.485. The van der Waals surface area contributed by atoms with Gasteiger partial charge in [0.05, 0.1) is 23.4 Å². The summed E-state index contributed by atoms with van der Waals surface area (Å²) >= 11 is 1.33. The molecule has 0 atom stereocenters. The molecule has 0 radical (unpaired) electrons. The van der Waals surface area contributed by atoms with Gasteiger partial charge in [-0.3, -0.25) is 30.1 Å². The lowest BCUT2D eigenvalue weighted by Crippen LogP contribution is -2.42. The third kappa shape index (κ3) is 4.97. The summed E-state index contributed by atoms with van der Waals surface area (Å²) < 4.78 is 1.63. The normalized spacial score (nSPS) is 13.1. The molecule has 0 saturated carbocycles. The van der Waals surface area contributed by atoms with Gasteiger partial charge in [0, 0.05) is 30.1 Å². The number of benzene rings is 2. The minimum Gasteiger partial charge on any atom is -0.288 e. The van der Waals surface area contributed by atoms with Gasteiger partial charge in [-0.2, -0.15) is 5.10 Å². The van der Waals surface area contributed by atoms with Gasteiger partial charge < -0.3 is 0 Å². The summed E-state index contributed by atoms with van der Waals surface area (Å²) in [4.78, 5) is 43.4. The number of nitrogens with one attached hydrogen (secondary N) is 2. The number of anilines is 1. The van der Waals surface area contributed by atoms with E-state index in [1.54, 1.807) is 21.2 Å². The fourth-order valence-corrected chi connectivity index (χ4v) is 4.68. The van der Waals surface area contributed by atoms with Crippen LogP contribution in [0.2, 0.25) is 0 Å². The average molecular weight is 487 g/mol. The van der Waals surface area contributed by atoms with Gasteiger partial charge in [0.1, 0.15) is 5.69 Å². The zero-order valence-electron chi connectivity index (χ0n) is 18.7. The van der Waals surface area contributed by atoms with Gasteiger partial charge in [-0.05, 0) is 18.6 Å². The summed E-state index contributed by atoms with van der Waals surface area (Å²) in [5.41, 5.74) is 7.89. The Balaban J connectivity index is 1.28. The van der Waals surface area contributed by atoms with Crippen molar-refractivity contribution in [1.29, 1.82) is 0 Å². The first-order valence-electron chi connectivity index (χ1n) is 11.1. The van der Waals surface area contributed by atoms with E-state index in [4.69, 9.17) is 0 Å². The molecular weight excluding hydrogens is 464 g/mol. The van der Waals surface area contributed by atoms with Crippen LogP contribution in [0.25, 0.3) is 16.9 Å². The Hall–Kier alpha value is -4.31. The highest BCUT2D eigenvalue weighted by atomic mass is 32.1. The summed E-state index contributed by atoms with van der Waals surface area (Å²) in [6.45, 7) is 0.647. The van der Waals surface area contributed by atoms with Crippen molar-refractivity contribution in [3.63, 3.8) is 0 Å². The SMILES string of the molecule is O=C(Cc1csc(N2CCCC2=O)n1)NNC(=O)c1cn(-c2ccccc2)nc1-c1ccccc1. The summed E-state index contributed by atoms with van der Waals surface area (Å²) in [6, 6.07) is 18.9. The third-order valence-corrected chi connectivity index (χ3v) is 6.44. The first-order valence-corrected chi connectivity index (χ1v) is 12.0. The van der Waals surface area contributed by atoms with Gasteiger partial charge in [0.2, 0.25) is 11.8 Å². The molecule has 4 aromatic rings. The van der Waals surface area contributed by atoms with E-state index >= 15 is 0 Å². The minimum absolute atomic E-state index is 0.0202. The highest BCUT2D eigenvalue weighted by molar-refractivity contribution is 7.14. The van der Waals surface area contributed by atoms with Crippen LogP contribution in [-0.2, 0) is 16.0 Å². The maximum absolute atomic E-state index is 13.0. The Kier molecular flexibility index (Phi) is 6.36. The lowest BCUT2D eigenvalue weighted by Gasteiger charge is -2.10. The van der Waals surface area contributed by atoms with Crippen molar-refractivity contribution < 1.29 is 14.4 Å². The second-order valence-electron chi connectivity index (χ2n) is 7.99. The number of amides is 3. The maximum atomic E-state index is 13.0. The first-order chi connectivity index (χ1) is 17.1. The van der Waals surface area contributed by atoms with E-state index in [0.717, 1.165) is 17.7 Å². The number of carbonyl (C=O) groups is 3. The molecule has 35 heavy (non-hydrogen) atoms. The van der Waals surface area contributed by atoms with Crippen molar-refractivity contribution in [2.45, 2.75) is 19.3 Å². The molecule has 1 aliphatic heterocycles. The van der Waals surface area contributed by atoms with Crippen molar-refractivity contribution in [2.24, 2.45) is 0 Å². The van der Waals surface area contributed by atoms with Crippen molar-refractivity contribution in [1.82, 2.24) is 25.6 Å². The van der Waals surface area contributed by atoms with Gasteiger partial charge in [-0.1, -0.05) is 48.5 Å². The van der Waals surface area contributed by atoms with Crippen LogP contribution in [0, 0.1) is 0 Å². The molecule has 3 heterocycles. The van der Waals surface area contributed by atoms with Crippen molar-refractivity contribution in [2.75, 3.05) is 11.4 Å². The standard InChI is InChI=1S/C25H22N6O3S/c32-21(14-18-16-35-25(26-18)30-13-7-12-22(30)33)27-28-24(34)20-15-31(19-10-5-2-6-11-19)29-23(20)17-8-3-1-4-9-17/h1-6,8-11,15-16H,7,12-14H2,(H,27,32)(H,28,34). The molecule has 1 saturated heterocycles. The van der Waals surface area contributed by atoms with E-state index in [1.165, 1.54) is 11.3 Å². The van der Waals surface area contributed by atoms with E-state index in [2.05, 4.69) is 20.9 Å². The fourth-order valence-electron chi connectivity index (χ4n) is 3.82. The number of rotatable bonds is 6. The van der Waals surface area contributed by atoms with Crippen LogP contribution in [0.15, 0.2) is 72.2 Å². The molecule has 0 spiro atoms. The molecule has 0 unspecified atom stereocenters. The van der Waals surface area contributed by atoms with E-state index < -0.39 is 11.8 Å². The predicted molar refractivity (Wildman–Crippen MR) is 132 cm³/mol. The van der Waals surface area contributed by atoms with E-state index in [9.17, 15) is 14.4 Å². The molecule has 9 nitrogen and oxygen atoms in total. The Bertz CT molecular complexity index is 1370. The molecule has 5 rings (SSSR count). The van der Waals surface area contributed by atoms with E-state index in [-0.39, 0.29) is 12.3 Å². The number of para-hydroxylation sites is 1. The largest absolute Gasteiger partial charge is 0.288 e. The fraction of sp³-hybridized carbons (Fsp3) is 0.160. The van der Waals surface area contributed by atoms with Crippen LogP contribution in [0.1, 0.15) is 28.9 Å². The van der Waals surface area contributed by atoms with Crippen molar-refractivity contribution in [3.8, 4) is 16.9 Å². The summed E-state index contributed by atoms with van der Waals surface area (Å²) in [7, 11) is 0. The summed E-state index contributed by atoms with van der Waals surface area (Å²) in [5, 5.41) is 6.96. The van der Waals surface area contributed by atoms with Gasteiger partial charge in [-0.15, -0.1) is 11.3 Å². The number of thiazole rings is 1. The molecule has 2 N–H and O–H groups in total. The lowest BCUT2D eigenvalue weighted by atomic mass is 10.1. The summed E-state index contributed by atoms with van der Waals surface area (Å²) in [6.07, 6.45) is 2.95. The lowest BCUT2D eigenvalue weighted by molar-refractivity contribution is -0.121. The van der Waals surface area contributed by atoms with Crippen LogP contribution < -0.4 is 15.8 Å². The highest BCUT2D eigenvalue weighted by Crippen LogP contribution is 2.26. The topological polar surface area (TPSA) is 109 Å². The van der Waals surface area contributed by atoms with Crippen LogP contribution in [-0.4, -0.2) is 39.0 Å². The number of hydrogen-bond donors (Lipinski definition) is 2. The van der Waals surface area contributed by atoms with E-state index in [1.807, 2.05) is 60.7 Å². The summed E-state index contributed by atoms with van der Waals surface area (Å²) in [5.74, 6) is -0.853. The van der Waals surface area contributed by atoms with Gasteiger partial charge >= 0.3 is 0 Å². The smallest absolute Gasteiger partial charge is 0.273 e. The van der Waals surface area contributed by atoms with E-state index in [0.29, 0.717) is 35.0 Å². The molecule has 1 fully saturated rings. The number of hydrazine groups is 1. The van der Waals surface area contributed by atoms with Gasteiger partial charge in [0.15, 0.2) is 5.13 Å². The Morgan fingerprint density at radius 2 is 1.74 bits per heavy atom. The molecule has 3 amide bonds. The second kappa shape index (κ2) is 9.90. The maximum Gasteiger partial charge on any atom is 0.273 e. The van der Waals surface area contributed by atoms with Crippen molar-refractivity contribution >= 4 is 34.2 Å². The Morgan fingerprint density at radius 1 is 1.00 bits per heavy atom. The van der Waals surface area contributed by atoms with Crippen LogP contribution in [0.5, 0.6) is 0 Å². The quantitative estimate of drug-likeness (QED) is 0.407. The van der Waals surface area contributed by atoms with Crippen LogP contribution in [0.4, 0.5) is 5.13 Å². The number of nitrogens with zero attached hydrogens (tertiary/aromatic N) is 4. The number of aromatic nitrogens is 3. The van der Waals surface area contributed by atoms with Gasteiger partial charge in [-0.25, -0.2) is 9.67 Å². The second-order valence-corrected chi connectivity index (χ2v) is 8.82. The molecule has 2 aromatic carbocycles. The number of hydrogen-bond acceptors (Lipinski definition) is 6. The van der Waals surface area contributed by atoms with Crippen LogP contribution >= 0.6 is 11.3 Å². The molecule has 2 aromatic heterocycles. The predicted octanol–water partition coefficient (Wildman–Crippen LogP) is 3.13. The molecular formula is C25H22N6O3S. The highest BCUT2D eigenvalue weighted by Gasteiger charge is 2.24. The molecule has 10 heteroatoms. The average Bonchev–Trinajstić information content (AvgIpc) is 3.63. The zero-order valence-corrected chi connectivity index (χ0v) is 19.5. The molecule has 0 bridgehead atoms. The number of carbonyl (C=O) groups excluding carboxylic acids is 3. The molecule has 0 aliphatic carbocycles. The first kappa shape index (κ1) is 22.5. The van der Waals surface area contributed by atoms with Gasteiger partial charge in [0.25, 0.3) is 5.91 Å². The zero-order chi connectivity index (χ0) is 24.2. The van der Waals surface area contributed by atoms with Crippen molar-refractivity contribution in [3.05, 3.63) is 83.5 Å².